The van der Waals surface area contributed by atoms with Crippen LogP contribution in [0.2, 0.25) is 0 Å². The Kier molecular flexibility index (Phi) is 5.91. The van der Waals surface area contributed by atoms with Crippen molar-refractivity contribution in [3.8, 4) is 0 Å². The minimum Gasteiger partial charge on any atom is -0.383 e. The normalized spacial score (nSPS) is 11.3. The summed E-state index contributed by atoms with van der Waals surface area (Å²) in [6, 6.07) is 1.93. The molecule has 0 aliphatic heterocycles. The molecule has 0 radical (unpaired) electrons. The molecule has 8 heteroatoms. The Hall–Kier alpha value is -1.93. The first kappa shape index (κ1) is 16.4. The topological polar surface area (TPSA) is 85.6 Å². The molecule has 0 amide bonds. The van der Waals surface area contributed by atoms with E-state index < -0.39 is 0 Å². The fourth-order valence-electron chi connectivity index (χ4n) is 2.04. The van der Waals surface area contributed by atoms with Gasteiger partial charge in [-0.3, -0.25) is 0 Å². The van der Waals surface area contributed by atoms with Crippen LogP contribution in [-0.4, -0.2) is 60.3 Å². The van der Waals surface area contributed by atoms with Crippen molar-refractivity contribution in [2.24, 2.45) is 0 Å². The molecule has 0 saturated carbocycles. The summed E-state index contributed by atoms with van der Waals surface area (Å²) in [4.78, 5) is 0. The van der Waals surface area contributed by atoms with Crippen LogP contribution < -0.4 is 10.6 Å². The summed E-state index contributed by atoms with van der Waals surface area (Å²) in [5, 5.41) is 19.6. The molecule has 0 bridgehead atoms. The number of methoxy groups -OCH3 is 2. The minimum absolute atomic E-state index is 0.239. The summed E-state index contributed by atoms with van der Waals surface area (Å²) in [6.45, 7) is 6.75. The number of ether oxygens (including phenoxy) is 2. The third-order valence-corrected chi connectivity index (χ3v) is 3.14. The zero-order valence-electron chi connectivity index (χ0n) is 13.6. The van der Waals surface area contributed by atoms with E-state index in [-0.39, 0.29) is 5.92 Å². The number of aromatic nitrogens is 4. The number of nitrogens with one attached hydrogen (secondary N) is 2. The Morgan fingerprint density at radius 2 is 1.77 bits per heavy atom. The summed E-state index contributed by atoms with van der Waals surface area (Å²) in [6.07, 6.45) is 0. The molecule has 0 aliphatic rings. The van der Waals surface area contributed by atoms with Crippen molar-refractivity contribution >= 4 is 17.2 Å². The van der Waals surface area contributed by atoms with E-state index in [1.54, 1.807) is 18.7 Å². The van der Waals surface area contributed by atoms with Crippen LogP contribution in [0.3, 0.4) is 0 Å². The number of nitrogens with zero attached hydrogens (tertiary/aromatic N) is 4. The number of hydrogen-bond acceptors (Lipinski definition) is 7. The summed E-state index contributed by atoms with van der Waals surface area (Å²) < 4.78 is 11.9. The summed E-state index contributed by atoms with van der Waals surface area (Å²) in [5.74, 6) is 1.83. The lowest BCUT2D eigenvalue weighted by atomic mass is 10.2. The first-order chi connectivity index (χ1) is 10.7. The second kappa shape index (κ2) is 7.90. The van der Waals surface area contributed by atoms with Crippen molar-refractivity contribution in [1.82, 2.24) is 19.8 Å². The maximum absolute atomic E-state index is 5.08. The molecule has 2 aromatic rings. The highest BCUT2D eigenvalue weighted by Gasteiger charge is 2.15. The summed E-state index contributed by atoms with van der Waals surface area (Å²) in [5.41, 5.74) is 1.60. The molecule has 0 atom stereocenters. The first-order valence-electron chi connectivity index (χ1n) is 7.39. The molecule has 0 saturated heterocycles. The van der Waals surface area contributed by atoms with E-state index in [9.17, 15) is 0 Å². The smallest absolute Gasteiger partial charge is 0.201 e. The quantitative estimate of drug-likeness (QED) is 0.677. The third-order valence-electron chi connectivity index (χ3n) is 3.14. The van der Waals surface area contributed by atoms with Crippen molar-refractivity contribution in [2.75, 3.05) is 51.2 Å². The zero-order valence-corrected chi connectivity index (χ0v) is 13.6. The van der Waals surface area contributed by atoms with Crippen LogP contribution in [0.1, 0.15) is 25.6 Å². The Bertz CT molecular complexity index is 598. The van der Waals surface area contributed by atoms with Gasteiger partial charge < -0.3 is 20.1 Å². The van der Waals surface area contributed by atoms with Gasteiger partial charge in [-0.25, -0.2) is 0 Å². The Labute approximate surface area is 130 Å². The zero-order chi connectivity index (χ0) is 15.9. The second-order valence-electron chi connectivity index (χ2n) is 5.23. The molecule has 0 spiro atoms. The lowest BCUT2D eigenvalue weighted by molar-refractivity contribution is 0.210. The lowest BCUT2D eigenvalue weighted by Crippen LogP contribution is -2.14. The number of anilines is 2. The molecule has 122 valence electrons. The van der Waals surface area contributed by atoms with Gasteiger partial charge in [-0.05, 0) is 0 Å². The SMILES string of the molecule is COCCNc1cc(NCCOC)c2nnc(C(C)C)n2n1. The Morgan fingerprint density at radius 3 is 2.41 bits per heavy atom. The molecule has 2 N–H and O–H groups in total. The highest BCUT2D eigenvalue weighted by atomic mass is 16.5. The Morgan fingerprint density at radius 1 is 1.09 bits per heavy atom. The average Bonchev–Trinajstić information content (AvgIpc) is 2.92. The van der Waals surface area contributed by atoms with Crippen LogP contribution in [-0.2, 0) is 9.47 Å². The molecule has 0 unspecified atom stereocenters. The van der Waals surface area contributed by atoms with Crippen molar-refractivity contribution in [3.63, 3.8) is 0 Å². The lowest BCUT2D eigenvalue weighted by Gasteiger charge is -2.11. The van der Waals surface area contributed by atoms with Crippen LogP contribution in [0.4, 0.5) is 11.5 Å². The van der Waals surface area contributed by atoms with Gasteiger partial charge in [-0.2, -0.15) is 4.52 Å². The van der Waals surface area contributed by atoms with Crippen molar-refractivity contribution in [3.05, 3.63) is 11.9 Å². The standard InChI is InChI=1S/C14H24N6O2/c1-10(2)13-17-18-14-11(15-5-7-21-3)9-12(19-20(13)14)16-6-8-22-4/h9-10,15H,5-8H2,1-4H3,(H,16,19). The number of hydrogen-bond donors (Lipinski definition) is 2. The van der Waals surface area contributed by atoms with Gasteiger partial charge in [0.15, 0.2) is 5.82 Å². The second-order valence-corrected chi connectivity index (χ2v) is 5.23. The van der Waals surface area contributed by atoms with Gasteiger partial charge in [0.25, 0.3) is 0 Å². The van der Waals surface area contributed by atoms with E-state index in [0.717, 1.165) is 23.0 Å². The monoisotopic (exact) mass is 308 g/mol. The molecule has 22 heavy (non-hydrogen) atoms. The van der Waals surface area contributed by atoms with Crippen molar-refractivity contribution in [2.45, 2.75) is 19.8 Å². The van der Waals surface area contributed by atoms with Crippen LogP contribution in [0.25, 0.3) is 5.65 Å². The van der Waals surface area contributed by atoms with E-state index in [1.165, 1.54) is 0 Å². The van der Waals surface area contributed by atoms with Gasteiger partial charge in [0.2, 0.25) is 5.65 Å². The van der Waals surface area contributed by atoms with Crippen LogP contribution in [0.15, 0.2) is 6.07 Å². The van der Waals surface area contributed by atoms with Crippen LogP contribution >= 0.6 is 0 Å². The van der Waals surface area contributed by atoms with Gasteiger partial charge in [0, 0.05) is 39.3 Å². The molecule has 0 aliphatic carbocycles. The van der Waals surface area contributed by atoms with Gasteiger partial charge in [0.05, 0.1) is 18.9 Å². The van der Waals surface area contributed by atoms with Gasteiger partial charge >= 0.3 is 0 Å². The maximum Gasteiger partial charge on any atom is 0.201 e. The fourth-order valence-corrected chi connectivity index (χ4v) is 2.04. The van der Waals surface area contributed by atoms with E-state index in [1.807, 2.05) is 6.07 Å². The van der Waals surface area contributed by atoms with Crippen LogP contribution in [0, 0.1) is 0 Å². The van der Waals surface area contributed by atoms with E-state index in [0.29, 0.717) is 26.3 Å². The minimum atomic E-state index is 0.239. The van der Waals surface area contributed by atoms with Gasteiger partial charge in [-0.1, -0.05) is 13.8 Å². The molecule has 2 heterocycles. The molecular weight excluding hydrogens is 284 g/mol. The highest BCUT2D eigenvalue weighted by Crippen LogP contribution is 2.21. The molecule has 8 nitrogen and oxygen atoms in total. The fraction of sp³-hybridized carbons (Fsp3) is 0.643. The molecule has 2 aromatic heterocycles. The first-order valence-corrected chi connectivity index (χ1v) is 7.39. The van der Waals surface area contributed by atoms with E-state index >= 15 is 0 Å². The van der Waals surface area contributed by atoms with E-state index in [4.69, 9.17) is 9.47 Å². The van der Waals surface area contributed by atoms with E-state index in [2.05, 4.69) is 39.8 Å². The summed E-state index contributed by atoms with van der Waals surface area (Å²) in [7, 11) is 3.35. The molecule has 2 rings (SSSR count). The molecule has 0 fully saturated rings. The van der Waals surface area contributed by atoms with Gasteiger partial charge in [0.1, 0.15) is 5.82 Å². The maximum atomic E-state index is 5.08. The third kappa shape index (κ3) is 3.83. The Balaban J connectivity index is 2.32. The van der Waals surface area contributed by atoms with Crippen molar-refractivity contribution < 1.29 is 9.47 Å². The van der Waals surface area contributed by atoms with Crippen molar-refractivity contribution in [1.29, 1.82) is 0 Å². The largest absolute Gasteiger partial charge is 0.383 e. The van der Waals surface area contributed by atoms with Crippen LogP contribution in [0.5, 0.6) is 0 Å². The van der Waals surface area contributed by atoms with Gasteiger partial charge in [-0.15, -0.1) is 15.3 Å². The molecular formula is C14H24N6O2. The predicted molar refractivity (Wildman–Crippen MR) is 85.6 cm³/mol. The number of fused-ring (bicyclic) bond motifs is 1. The summed E-state index contributed by atoms with van der Waals surface area (Å²) >= 11 is 0. The highest BCUT2D eigenvalue weighted by molar-refractivity contribution is 5.70. The predicted octanol–water partition coefficient (Wildman–Crippen LogP) is 1.36. The average molecular weight is 308 g/mol. The number of rotatable bonds is 9. The molecule has 0 aromatic carbocycles.